The van der Waals surface area contributed by atoms with Gasteiger partial charge in [0, 0.05) is 19.0 Å². The summed E-state index contributed by atoms with van der Waals surface area (Å²) in [6, 6.07) is 0. The molecule has 1 rings (SSSR count). The molecule has 5 nitrogen and oxygen atoms in total. The number of carboxylic acids is 1. The van der Waals surface area contributed by atoms with Crippen LogP contribution in [-0.4, -0.2) is 41.8 Å². The van der Waals surface area contributed by atoms with Gasteiger partial charge in [-0.2, -0.15) is 0 Å². The summed E-state index contributed by atoms with van der Waals surface area (Å²) >= 11 is 0. The lowest BCUT2D eigenvalue weighted by molar-refractivity contribution is -0.139. The predicted octanol–water partition coefficient (Wildman–Crippen LogP) is 0.716. The Labute approximate surface area is 82.0 Å². The zero-order valence-corrected chi connectivity index (χ0v) is 7.81. The Kier molecular flexibility index (Phi) is 3.50. The van der Waals surface area contributed by atoms with Crippen LogP contribution in [0.4, 0.5) is 4.79 Å². The largest absolute Gasteiger partial charge is 0.481 e. The van der Waals surface area contributed by atoms with Gasteiger partial charge < -0.3 is 14.7 Å². The molecule has 0 saturated carbocycles. The number of likely N-dealkylation sites (tertiary alicyclic amines) is 1. The molecule has 0 aliphatic carbocycles. The van der Waals surface area contributed by atoms with Gasteiger partial charge in [-0.25, -0.2) is 4.79 Å². The van der Waals surface area contributed by atoms with Gasteiger partial charge in [-0.1, -0.05) is 12.7 Å². The SMILES string of the molecule is C=CCOC(=O)N1CC(CC(=O)O)C1. The highest BCUT2D eigenvalue weighted by atomic mass is 16.6. The maximum atomic E-state index is 11.1. The van der Waals surface area contributed by atoms with E-state index < -0.39 is 12.1 Å². The van der Waals surface area contributed by atoms with Crippen LogP contribution in [0.15, 0.2) is 12.7 Å². The molecule has 1 aliphatic heterocycles. The molecule has 0 aromatic carbocycles. The molecule has 1 aliphatic rings. The van der Waals surface area contributed by atoms with Crippen LogP contribution in [0.3, 0.4) is 0 Å². The second kappa shape index (κ2) is 4.64. The Bertz CT molecular complexity index is 245. The summed E-state index contributed by atoms with van der Waals surface area (Å²) in [5.74, 6) is -0.752. The van der Waals surface area contributed by atoms with E-state index in [1.807, 2.05) is 0 Å². The molecule has 0 aromatic heterocycles. The molecule has 1 saturated heterocycles. The number of aliphatic carboxylic acids is 1. The van der Waals surface area contributed by atoms with Gasteiger partial charge in [0.05, 0.1) is 6.42 Å². The second-order valence-electron chi connectivity index (χ2n) is 3.23. The molecule has 14 heavy (non-hydrogen) atoms. The second-order valence-corrected chi connectivity index (χ2v) is 3.23. The summed E-state index contributed by atoms with van der Waals surface area (Å²) < 4.78 is 4.77. The summed E-state index contributed by atoms with van der Waals surface area (Å²) in [5.41, 5.74) is 0. The Balaban J connectivity index is 2.17. The third-order valence-corrected chi connectivity index (χ3v) is 2.00. The van der Waals surface area contributed by atoms with Gasteiger partial charge in [0.15, 0.2) is 0 Å². The number of hydrogen-bond donors (Lipinski definition) is 1. The molecule has 5 heteroatoms. The number of amides is 1. The summed E-state index contributed by atoms with van der Waals surface area (Å²) in [6.45, 7) is 4.56. The molecule has 0 atom stereocenters. The van der Waals surface area contributed by atoms with Gasteiger partial charge in [-0.15, -0.1) is 0 Å². The number of carbonyl (C=O) groups is 2. The minimum atomic E-state index is -0.825. The van der Waals surface area contributed by atoms with E-state index in [1.165, 1.54) is 11.0 Å². The van der Waals surface area contributed by atoms with Crippen LogP contribution in [0, 0.1) is 5.92 Å². The van der Waals surface area contributed by atoms with Crippen LogP contribution < -0.4 is 0 Å². The average molecular weight is 199 g/mol. The molecule has 1 fully saturated rings. The van der Waals surface area contributed by atoms with Crippen molar-refractivity contribution in [3.63, 3.8) is 0 Å². The molecule has 0 unspecified atom stereocenters. The molecule has 1 amide bonds. The first-order valence-electron chi connectivity index (χ1n) is 4.38. The van der Waals surface area contributed by atoms with Crippen LogP contribution in [0.5, 0.6) is 0 Å². The molecule has 78 valence electrons. The third kappa shape index (κ3) is 2.76. The standard InChI is InChI=1S/C9H13NO4/c1-2-3-14-9(13)10-5-7(6-10)4-8(11)12/h2,7H,1,3-6H2,(H,11,12). The van der Waals surface area contributed by atoms with E-state index in [0.717, 1.165) is 0 Å². The van der Waals surface area contributed by atoms with Gasteiger partial charge in [0.1, 0.15) is 6.61 Å². The van der Waals surface area contributed by atoms with E-state index in [-0.39, 0.29) is 18.9 Å². The Morgan fingerprint density at radius 2 is 2.21 bits per heavy atom. The molecule has 0 aromatic rings. The van der Waals surface area contributed by atoms with Crippen molar-refractivity contribution in [3.8, 4) is 0 Å². The van der Waals surface area contributed by atoms with E-state index >= 15 is 0 Å². The number of carbonyl (C=O) groups excluding carboxylic acids is 1. The van der Waals surface area contributed by atoms with Crippen molar-refractivity contribution in [1.29, 1.82) is 0 Å². The van der Waals surface area contributed by atoms with E-state index in [0.29, 0.717) is 13.1 Å². The predicted molar refractivity (Wildman–Crippen MR) is 48.9 cm³/mol. The fourth-order valence-corrected chi connectivity index (χ4v) is 1.32. The van der Waals surface area contributed by atoms with Crippen LogP contribution in [0.25, 0.3) is 0 Å². The fourth-order valence-electron chi connectivity index (χ4n) is 1.32. The number of hydrogen-bond acceptors (Lipinski definition) is 3. The minimum Gasteiger partial charge on any atom is -0.481 e. The zero-order valence-electron chi connectivity index (χ0n) is 7.81. The topological polar surface area (TPSA) is 66.8 Å². The highest BCUT2D eigenvalue weighted by Crippen LogP contribution is 2.19. The molecular weight excluding hydrogens is 186 g/mol. The van der Waals surface area contributed by atoms with Crippen molar-refractivity contribution in [2.45, 2.75) is 6.42 Å². The molecular formula is C9H13NO4. The lowest BCUT2D eigenvalue weighted by Crippen LogP contribution is -2.50. The van der Waals surface area contributed by atoms with Crippen molar-refractivity contribution < 1.29 is 19.4 Å². The van der Waals surface area contributed by atoms with E-state index in [1.54, 1.807) is 0 Å². The Hall–Kier alpha value is -1.52. The maximum absolute atomic E-state index is 11.1. The number of carboxylic acid groups (broad SMARTS) is 1. The first kappa shape index (κ1) is 10.6. The summed E-state index contributed by atoms with van der Waals surface area (Å²) in [6.07, 6.45) is 1.21. The van der Waals surface area contributed by atoms with E-state index in [9.17, 15) is 9.59 Å². The van der Waals surface area contributed by atoms with Gasteiger partial charge in [-0.3, -0.25) is 4.79 Å². The van der Waals surface area contributed by atoms with Crippen molar-refractivity contribution in [2.75, 3.05) is 19.7 Å². The van der Waals surface area contributed by atoms with E-state index in [4.69, 9.17) is 9.84 Å². The van der Waals surface area contributed by atoms with Crippen molar-refractivity contribution >= 4 is 12.1 Å². The van der Waals surface area contributed by atoms with Crippen LogP contribution in [-0.2, 0) is 9.53 Å². The molecule has 0 bridgehead atoms. The van der Waals surface area contributed by atoms with Gasteiger partial charge in [-0.05, 0) is 0 Å². The Morgan fingerprint density at radius 3 is 2.71 bits per heavy atom. The van der Waals surface area contributed by atoms with Crippen LogP contribution in [0.1, 0.15) is 6.42 Å². The zero-order chi connectivity index (χ0) is 10.6. The monoisotopic (exact) mass is 199 g/mol. The summed E-state index contributed by atoms with van der Waals surface area (Å²) in [4.78, 5) is 22.9. The third-order valence-electron chi connectivity index (χ3n) is 2.00. The van der Waals surface area contributed by atoms with Crippen molar-refractivity contribution in [1.82, 2.24) is 4.90 Å². The Morgan fingerprint density at radius 1 is 1.57 bits per heavy atom. The number of rotatable bonds is 4. The molecule has 0 spiro atoms. The average Bonchev–Trinajstić information content (AvgIpc) is 2.06. The van der Waals surface area contributed by atoms with Gasteiger partial charge >= 0.3 is 12.1 Å². The number of ether oxygens (including phenoxy) is 1. The van der Waals surface area contributed by atoms with Crippen molar-refractivity contribution in [2.24, 2.45) is 5.92 Å². The quantitative estimate of drug-likeness (QED) is 0.677. The van der Waals surface area contributed by atoms with Gasteiger partial charge in [0.2, 0.25) is 0 Å². The van der Waals surface area contributed by atoms with Gasteiger partial charge in [0.25, 0.3) is 0 Å². The number of nitrogens with zero attached hydrogens (tertiary/aromatic N) is 1. The first-order chi connectivity index (χ1) is 6.63. The molecule has 1 N–H and O–H groups in total. The first-order valence-corrected chi connectivity index (χ1v) is 4.38. The van der Waals surface area contributed by atoms with E-state index in [2.05, 4.69) is 6.58 Å². The molecule has 1 heterocycles. The normalized spacial score (nSPS) is 15.9. The maximum Gasteiger partial charge on any atom is 0.410 e. The summed E-state index contributed by atoms with van der Waals surface area (Å²) in [7, 11) is 0. The fraction of sp³-hybridized carbons (Fsp3) is 0.556. The minimum absolute atomic E-state index is 0.0729. The lowest BCUT2D eigenvalue weighted by Gasteiger charge is -2.37. The van der Waals surface area contributed by atoms with Crippen LogP contribution >= 0.6 is 0 Å². The molecule has 0 radical (unpaired) electrons. The highest BCUT2D eigenvalue weighted by molar-refractivity contribution is 5.70. The van der Waals surface area contributed by atoms with Crippen molar-refractivity contribution in [3.05, 3.63) is 12.7 Å². The lowest BCUT2D eigenvalue weighted by atomic mass is 9.97. The summed E-state index contributed by atoms with van der Waals surface area (Å²) in [5, 5.41) is 8.47. The smallest absolute Gasteiger partial charge is 0.410 e. The van der Waals surface area contributed by atoms with Crippen LogP contribution in [0.2, 0.25) is 0 Å². The highest BCUT2D eigenvalue weighted by Gasteiger charge is 2.32.